The van der Waals surface area contributed by atoms with Gasteiger partial charge in [0.1, 0.15) is 0 Å². The number of ether oxygens (including phenoxy) is 1. The average Bonchev–Trinajstić information content (AvgIpc) is 2.38. The molecule has 1 N–H and O–H groups in total. The molecule has 0 amide bonds. The predicted octanol–water partition coefficient (Wildman–Crippen LogP) is 0.959. The number of aliphatic hydroxyl groups is 1. The Bertz CT molecular complexity index is 452. The van der Waals surface area contributed by atoms with Gasteiger partial charge >= 0.3 is 5.69 Å². The number of hydrogen-bond acceptors (Lipinski definition) is 6. The van der Waals surface area contributed by atoms with Crippen molar-refractivity contribution in [3.8, 4) is 5.88 Å². The number of β-amino-alcohol motifs (C(OH)–C–C–N with tert-alkyl or cyclic N) is 1. The van der Waals surface area contributed by atoms with E-state index in [4.69, 9.17) is 4.74 Å². The zero-order chi connectivity index (χ0) is 13.1. The van der Waals surface area contributed by atoms with Gasteiger partial charge in [-0.25, -0.2) is 0 Å². The first-order valence-corrected chi connectivity index (χ1v) is 5.74. The molecule has 0 radical (unpaired) electrons. The minimum absolute atomic E-state index is 0.0649. The maximum absolute atomic E-state index is 11.0. The van der Waals surface area contributed by atoms with Gasteiger partial charge in [0.15, 0.2) is 0 Å². The lowest BCUT2D eigenvalue weighted by molar-refractivity contribution is -0.384. The Balaban J connectivity index is 2.36. The number of anilines is 1. The van der Waals surface area contributed by atoms with Crippen LogP contribution < -0.4 is 9.64 Å². The Morgan fingerprint density at radius 2 is 2.39 bits per heavy atom. The van der Waals surface area contributed by atoms with E-state index in [1.807, 2.05) is 0 Å². The van der Waals surface area contributed by atoms with E-state index in [1.54, 1.807) is 4.90 Å². The zero-order valence-corrected chi connectivity index (χ0v) is 10.1. The Labute approximate surface area is 104 Å². The molecule has 0 spiro atoms. The smallest absolute Gasteiger partial charge is 0.311 e. The maximum atomic E-state index is 11.0. The van der Waals surface area contributed by atoms with Gasteiger partial charge in [-0.1, -0.05) is 0 Å². The third kappa shape index (κ3) is 2.51. The number of aromatic nitrogens is 1. The molecule has 0 saturated carbocycles. The normalized spacial score (nSPS) is 19.7. The molecule has 1 aliphatic rings. The summed E-state index contributed by atoms with van der Waals surface area (Å²) in [6.07, 6.45) is 1.04. The summed E-state index contributed by atoms with van der Waals surface area (Å²) < 4.78 is 4.98. The fourth-order valence-electron chi connectivity index (χ4n) is 2.06. The molecule has 1 saturated heterocycles. The number of nitrogens with zero attached hydrogens (tertiary/aromatic N) is 3. The molecule has 7 nitrogen and oxygen atoms in total. The van der Waals surface area contributed by atoms with Crippen molar-refractivity contribution in [2.24, 2.45) is 0 Å². The van der Waals surface area contributed by atoms with Crippen molar-refractivity contribution >= 4 is 11.5 Å². The van der Waals surface area contributed by atoms with Crippen LogP contribution in [0.25, 0.3) is 0 Å². The number of methoxy groups -OCH3 is 1. The Morgan fingerprint density at radius 3 is 3.00 bits per heavy atom. The molecule has 1 fully saturated rings. The molecular weight excluding hydrogens is 238 g/mol. The fourth-order valence-corrected chi connectivity index (χ4v) is 2.06. The van der Waals surface area contributed by atoms with Gasteiger partial charge in [0.05, 0.1) is 18.1 Å². The Hall–Kier alpha value is -1.89. The van der Waals surface area contributed by atoms with Gasteiger partial charge in [-0.3, -0.25) is 10.1 Å². The summed E-state index contributed by atoms with van der Waals surface area (Å²) in [7, 11) is 1.46. The quantitative estimate of drug-likeness (QED) is 0.637. The standard InChI is InChI=1S/C11H15N3O4/c1-18-10-5-4-9(14(16)17)11(12-10)13-6-2-3-8(15)7-13/h4-5,8,15H,2-3,6-7H2,1H3/t8-/m0/s1. The molecule has 2 heterocycles. The van der Waals surface area contributed by atoms with Crippen molar-refractivity contribution < 1.29 is 14.8 Å². The van der Waals surface area contributed by atoms with Gasteiger partial charge < -0.3 is 14.7 Å². The highest BCUT2D eigenvalue weighted by atomic mass is 16.6. The van der Waals surface area contributed by atoms with Gasteiger partial charge in [0, 0.05) is 25.2 Å². The van der Waals surface area contributed by atoms with Crippen LogP contribution in [0.2, 0.25) is 0 Å². The first-order chi connectivity index (χ1) is 8.61. The van der Waals surface area contributed by atoms with Gasteiger partial charge in [-0.15, -0.1) is 0 Å². The molecule has 1 atom stereocenters. The molecule has 1 aromatic heterocycles. The molecule has 98 valence electrons. The first-order valence-electron chi connectivity index (χ1n) is 5.74. The molecule has 0 bridgehead atoms. The van der Waals surface area contributed by atoms with Crippen LogP contribution in [-0.4, -0.2) is 41.3 Å². The lowest BCUT2D eigenvalue weighted by atomic mass is 10.1. The summed E-state index contributed by atoms with van der Waals surface area (Å²) >= 11 is 0. The van der Waals surface area contributed by atoms with Crippen LogP contribution in [0.15, 0.2) is 12.1 Å². The minimum Gasteiger partial charge on any atom is -0.481 e. The SMILES string of the molecule is COc1ccc([N+](=O)[O-])c(N2CCC[C@H](O)C2)n1. The number of rotatable bonds is 3. The van der Waals surface area contributed by atoms with E-state index in [0.717, 1.165) is 6.42 Å². The average molecular weight is 253 g/mol. The van der Waals surface area contributed by atoms with Gasteiger partial charge in [-0.2, -0.15) is 4.98 Å². The highest BCUT2D eigenvalue weighted by Crippen LogP contribution is 2.30. The molecule has 1 aliphatic heterocycles. The third-order valence-corrected chi connectivity index (χ3v) is 2.93. The highest BCUT2D eigenvalue weighted by Gasteiger charge is 2.26. The van der Waals surface area contributed by atoms with Crippen molar-refractivity contribution in [1.29, 1.82) is 0 Å². The van der Waals surface area contributed by atoms with E-state index in [1.165, 1.54) is 19.2 Å². The monoisotopic (exact) mass is 253 g/mol. The summed E-state index contributed by atoms with van der Waals surface area (Å²) in [6.45, 7) is 1.01. The van der Waals surface area contributed by atoms with Crippen LogP contribution in [0.3, 0.4) is 0 Å². The van der Waals surface area contributed by atoms with Gasteiger partial charge in [0.25, 0.3) is 0 Å². The fraction of sp³-hybridized carbons (Fsp3) is 0.545. The number of piperidine rings is 1. The van der Waals surface area contributed by atoms with Crippen LogP contribution in [0.1, 0.15) is 12.8 Å². The molecule has 7 heteroatoms. The van der Waals surface area contributed by atoms with Crippen molar-refractivity contribution in [3.05, 3.63) is 22.2 Å². The van der Waals surface area contributed by atoms with Crippen molar-refractivity contribution in [1.82, 2.24) is 4.98 Å². The molecule has 0 aliphatic carbocycles. The molecule has 1 aromatic rings. The molecule has 0 aromatic carbocycles. The van der Waals surface area contributed by atoms with Crippen LogP contribution in [0.5, 0.6) is 5.88 Å². The van der Waals surface area contributed by atoms with Crippen LogP contribution in [-0.2, 0) is 0 Å². The summed E-state index contributed by atoms with van der Waals surface area (Å²) in [5.41, 5.74) is -0.0649. The molecular formula is C11H15N3O4. The lowest BCUT2D eigenvalue weighted by Gasteiger charge is -2.30. The van der Waals surface area contributed by atoms with Crippen LogP contribution in [0, 0.1) is 10.1 Å². The second-order valence-corrected chi connectivity index (χ2v) is 4.20. The second kappa shape index (κ2) is 5.18. The first kappa shape index (κ1) is 12.6. The van der Waals surface area contributed by atoms with Gasteiger partial charge in [-0.05, 0) is 12.8 Å². The molecule has 0 unspecified atom stereocenters. The lowest BCUT2D eigenvalue weighted by Crippen LogP contribution is -2.39. The predicted molar refractivity (Wildman–Crippen MR) is 64.9 cm³/mol. The number of pyridine rings is 1. The molecule has 2 rings (SSSR count). The summed E-state index contributed by atoms with van der Waals surface area (Å²) in [6, 6.07) is 2.84. The Morgan fingerprint density at radius 1 is 1.61 bits per heavy atom. The second-order valence-electron chi connectivity index (χ2n) is 4.20. The van der Waals surface area contributed by atoms with E-state index in [0.29, 0.717) is 25.4 Å². The van der Waals surface area contributed by atoms with Crippen LogP contribution in [0.4, 0.5) is 11.5 Å². The van der Waals surface area contributed by atoms with E-state index in [-0.39, 0.29) is 11.5 Å². The van der Waals surface area contributed by atoms with Gasteiger partial charge in [0.2, 0.25) is 11.7 Å². The zero-order valence-electron chi connectivity index (χ0n) is 10.1. The van der Waals surface area contributed by atoms with E-state index >= 15 is 0 Å². The van der Waals surface area contributed by atoms with Crippen LogP contribution >= 0.6 is 0 Å². The van der Waals surface area contributed by atoms with E-state index in [2.05, 4.69) is 4.98 Å². The summed E-state index contributed by atoms with van der Waals surface area (Å²) in [4.78, 5) is 16.4. The summed E-state index contributed by atoms with van der Waals surface area (Å²) in [5.74, 6) is 0.591. The van der Waals surface area contributed by atoms with E-state index < -0.39 is 11.0 Å². The number of aliphatic hydroxyl groups excluding tert-OH is 1. The third-order valence-electron chi connectivity index (χ3n) is 2.93. The Kier molecular flexibility index (Phi) is 3.61. The summed E-state index contributed by atoms with van der Waals surface area (Å²) in [5, 5.41) is 20.6. The minimum atomic E-state index is -0.469. The number of hydrogen-bond donors (Lipinski definition) is 1. The topological polar surface area (TPSA) is 88.7 Å². The number of nitro groups is 1. The van der Waals surface area contributed by atoms with Crippen molar-refractivity contribution in [2.45, 2.75) is 18.9 Å². The van der Waals surface area contributed by atoms with Crippen molar-refractivity contribution in [2.75, 3.05) is 25.1 Å². The van der Waals surface area contributed by atoms with E-state index in [9.17, 15) is 15.2 Å². The maximum Gasteiger partial charge on any atom is 0.311 e. The molecule has 18 heavy (non-hydrogen) atoms. The largest absolute Gasteiger partial charge is 0.481 e. The van der Waals surface area contributed by atoms with Crippen molar-refractivity contribution in [3.63, 3.8) is 0 Å². The highest BCUT2D eigenvalue weighted by molar-refractivity contribution is 5.59.